The molecule has 0 N–H and O–H groups in total. The predicted octanol–water partition coefficient (Wildman–Crippen LogP) is 17.1. The van der Waals surface area contributed by atoms with Crippen LogP contribution in [0.15, 0.2) is 200 Å². The van der Waals surface area contributed by atoms with Gasteiger partial charge >= 0.3 is 0 Å². The highest BCUT2D eigenvalue weighted by Gasteiger charge is 2.39. The van der Waals surface area contributed by atoms with Gasteiger partial charge in [-0.1, -0.05) is 199 Å². The molecule has 0 atom stereocenters. The number of hydrogen-bond acceptors (Lipinski definition) is 1. The molecule has 64 heavy (non-hydrogen) atoms. The summed E-state index contributed by atoms with van der Waals surface area (Å²) in [6, 6.07) is 75.1. The summed E-state index contributed by atoms with van der Waals surface area (Å²) in [5.74, 6) is 0. The van der Waals surface area contributed by atoms with Gasteiger partial charge in [-0.15, -0.1) is 0 Å². The third-order valence-electron chi connectivity index (χ3n) is 15.1. The molecule has 9 aromatic carbocycles. The number of rotatable bonds is 6. The molecule has 3 aliphatic rings. The number of anilines is 3. The van der Waals surface area contributed by atoms with Crippen LogP contribution >= 0.6 is 0 Å². The van der Waals surface area contributed by atoms with Crippen LogP contribution in [0.25, 0.3) is 66.8 Å². The molecule has 12 rings (SSSR count). The summed E-state index contributed by atoms with van der Waals surface area (Å²) in [5.41, 5.74) is 26.9. The van der Waals surface area contributed by atoms with Crippen molar-refractivity contribution < 1.29 is 0 Å². The standard InChI is InChI=1S/C63H51N/c1-61(2)54-22-11-7-16-46(54)49-36-30-42(38-57(49)61)40-26-32-44(33-27-40)64(45-34-28-41(29-35-45)43-31-37-50-47-17-8-12-23-55(47)62(3,4)58(50)39-43)59-25-14-10-19-51(59)53-21-15-20-52-48-18-9-13-24-56(48)63(5,6)60(52)53/h7-39H,1-6H3. The molecular weight excluding hydrogens is 771 g/mol. The molecule has 3 aliphatic carbocycles. The zero-order valence-corrected chi connectivity index (χ0v) is 37.5. The lowest BCUT2D eigenvalue weighted by molar-refractivity contribution is 0.660. The topological polar surface area (TPSA) is 3.24 Å². The summed E-state index contributed by atoms with van der Waals surface area (Å²) in [6.07, 6.45) is 0. The number of fused-ring (bicyclic) bond motifs is 9. The first-order valence-corrected chi connectivity index (χ1v) is 22.8. The smallest absolute Gasteiger partial charge is 0.0540 e. The van der Waals surface area contributed by atoms with Crippen molar-refractivity contribution in [3.8, 4) is 66.8 Å². The largest absolute Gasteiger partial charge is 0.310 e. The van der Waals surface area contributed by atoms with Crippen LogP contribution in [0.1, 0.15) is 74.9 Å². The van der Waals surface area contributed by atoms with E-state index in [1.54, 1.807) is 0 Å². The lowest BCUT2D eigenvalue weighted by atomic mass is 9.78. The number of nitrogens with zero attached hydrogens (tertiary/aromatic N) is 1. The van der Waals surface area contributed by atoms with Gasteiger partial charge in [0.25, 0.3) is 0 Å². The van der Waals surface area contributed by atoms with E-state index in [1.807, 2.05) is 0 Å². The van der Waals surface area contributed by atoms with E-state index < -0.39 is 0 Å². The van der Waals surface area contributed by atoms with E-state index in [2.05, 4.69) is 247 Å². The highest BCUT2D eigenvalue weighted by molar-refractivity contribution is 5.95. The van der Waals surface area contributed by atoms with Crippen LogP contribution in [0.2, 0.25) is 0 Å². The van der Waals surface area contributed by atoms with Crippen molar-refractivity contribution >= 4 is 17.1 Å². The minimum Gasteiger partial charge on any atom is -0.310 e. The van der Waals surface area contributed by atoms with Crippen molar-refractivity contribution in [2.24, 2.45) is 0 Å². The molecule has 0 aromatic heterocycles. The number of para-hydroxylation sites is 1. The Morgan fingerprint density at radius 3 is 1.09 bits per heavy atom. The first-order chi connectivity index (χ1) is 31.0. The van der Waals surface area contributed by atoms with Gasteiger partial charge in [0.1, 0.15) is 0 Å². The number of hydrogen-bond donors (Lipinski definition) is 0. The van der Waals surface area contributed by atoms with E-state index >= 15 is 0 Å². The fraction of sp³-hybridized carbons (Fsp3) is 0.143. The predicted molar refractivity (Wildman–Crippen MR) is 270 cm³/mol. The van der Waals surface area contributed by atoms with Gasteiger partial charge in [0, 0.05) is 33.2 Å². The summed E-state index contributed by atoms with van der Waals surface area (Å²) in [4.78, 5) is 2.46. The van der Waals surface area contributed by atoms with E-state index in [0.717, 1.165) is 17.1 Å². The lowest BCUT2D eigenvalue weighted by Gasteiger charge is -2.30. The molecule has 308 valence electrons. The Hall–Kier alpha value is -7.22. The second kappa shape index (κ2) is 13.9. The molecule has 0 bridgehead atoms. The maximum Gasteiger partial charge on any atom is 0.0540 e. The van der Waals surface area contributed by atoms with Crippen molar-refractivity contribution in [3.63, 3.8) is 0 Å². The molecule has 0 saturated heterocycles. The summed E-state index contributed by atoms with van der Waals surface area (Å²) < 4.78 is 0. The maximum absolute atomic E-state index is 2.46. The molecule has 1 heteroatoms. The first-order valence-electron chi connectivity index (χ1n) is 22.8. The minimum absolute atomic E-state index is 0.0525. The Morgan fingerprint density at radius 1 is 0.266 bits per heavy atom. The summed E-state index contributed by atoms with van der Waals surface area (Å²) in [7, 11) is 0. The summed E-state index contributed by atoms with van der Waals surface area (Å²) >= 11 is 0. The van der Waals surface area contributed by atoms with Gasteiger partial charge in [0.15, 0.2) is 0 Å². The molecule has 0 saturated carbocycles. The van der Waals surface area contributed by atoms with E-state index in [-0.39, 0.29) is 16.2 Å². The quantitative estimate of drug-likeness (QED) is 0.161. The Morgan fingerprint density at radius 2 is 0.609 bits per heavy atom. The first kappa shape index (κ1) is 38.5. The van der Waals surface area contributed by atoms with Crippen LogP contribution in [0.3, 0.4) is 0 Å². The van der Waals surface area contributed by atoms with Gasteiger partial charge in [-0.3, -0.25) is 0 Å². The van der Waals surface area contributed by atoms with Crippen molar-refractivity contribution in [1.82, 2.24) is 0 Å². The van der Waals surface area contributed by atoms with Gasteiger partial charge < -0.3 is 4.90 Å². The van der Waals surface area contributed by atoms with Gasteiger partial charge in [-0.05, 0) is 137 Å². The normalized spacial score (nSPS) is 15.1. The van der Waals surface area contributed by atoms with Crippen molar-refractivity contribution in [2.45, 2.75) is 57.8 Å². The summed E-state index contributed by atoms with van der Waals surface area (Å²) in [5, 5.41) is 0. The highest BCUT2D eigenvalue weighted by atomic mass is 15.1. The van der Waals surface area contributed by atoms with Crippen LogP contribution in [0.5, 0.6) is 0 Å². The maximum atomic E-state index is 2.46. The Kier molecular flexibility index (Phi) is 8.35. The van der Waals surface area contributed by atoms with Gasteiger partial charge in [0.05, 0.1) is 5.69 Å². The van der Waals surface area contributed by atoms with Crippen LogP contribution in [0, 0.1) is 0 Å². The molecule has 0 heterocycles. The van der Waals surface area contributed by atoms with Crippen molar-refractivity contribution in [1.29, 1.82) is 0 Å². The molecule has 0 radical (unpaired) electrons. The molecule has 0 aliphatic heterocycles. The van der Waals surface area contributed by atoms with Crippen LogP contribution in [0.4, 0.5) is 17.1 Å². The van der Waals surface area contributed by atoms with Gasteiger partial charge in [-0.2, -0.15) is 0 Å². The van der Waals surface area contributed by atoms with E-state index in [9.17, 15) is 0 Å². The summed E-state index contributed by atoms with van der Waals surface area (Å²) in [6.45, 7) is 14.2. The monoisotopic (exact) mass is 821 g/mol. The molecule has 9 aromatic rings. The second-order valence-corrected chi connectivity index (χ2v) is 19.7. The van der Waals surface area contributed by atoms with E-state index in [1.165, 1.54) is 100 Å². The number of benzene rings is 9. The zero-order chi connectivity index (χ0) is 43.5. The van der Waals surface area contributed by atoms with Crippen molar-refractivity contribution in [2.75, 3.05) is 4.90 Å². The Bertz CT molecular complexity index is 3190. The average molecular weight is 822 g/mol. The Balaban J connectivity index is 0.974. The third-order valence-corrected chi connectivity index (χ3v) is 15.1. The highest BCUT2D eigenvalue weighted by Crippen LogP contribution is 2.55. The van der Waals surface area contributed by atoms with E-state index in [0.29, 0.717) is 0 Å². The fourth-order valence-electron chi connectivity index (χ4n) is 11.8. The third kappa shape index (κ3) is 5.56. The van der Waals surface area contributed by atoms with E-state index in [4.69, 9.17) is 0 Å². The second-order valence-electron chi connectivity index (χ2n) is 19.7. The molecule has 0 unspecified atom stereocenters. The lowest BCUT2D eigenvalue weighted by Crippen LogP contribution is -2.17. The van der Waals surface area contributed by atoms with Crippen LogP contribution in [-0.4, -0.2) is 0 Å². The Labute approximate surface area is 378 Å². The van der Waals surface area contributed by atoms with Crippen LogP contribution in [-0.2, 0) is 16.2 Å². The van der Waals surface area contributed by atoms with Crippen molar-refractivity contribution in [3.05, 3.63) is 234 Å². The van der Waals surface area contributed by atoms with Crippen LogP contribution < -0.4 is 4.90 Å². The fourth-order valence-corrected chi connectivity index (χ4v) is 11.8. The molecule has 0 amide bonds. The molecule has 0 fully saturated rings. The SMILES string of the molecule is CC1(C)c2ccccc2-c2ccc(-c3ccc(N(c4ccc(-c5ccc6c(c5)C(C)(C)c5ccccc5-6)cc4)c4ccccc4-c4cccc5c4C(C)(C)c4ccccc4-5)cc3)cc21. The molecule has 0 spiro atoms. The zero-order valence-electron chi connectivity index (χ0n) is 37.5. The molecule has 1 nitrogen and oxygen atoms in total. The minimum atomic E-state index is -0.151. The van der Waals surface area contributed by atoms with Gasteiger partial charge in [-0.25, -0.2) is 0 Å². The van der Waals surface area contributed by atoms with Gasteiger partial charge in [0.2, 0.25) is 0 Å². The average Bonchev–Trinajstić information content (AvgIpc) is 3.82. The molecular formula is C63H51N.